The fourth-order valence-electron chi connectivity index (χ4n) is 4.46. The first-order valence-electron chi connectivity index (χ1n) is 11.8. The Morgan fingerprint density at radius 2 is 1.51 bits per heavy atom. The van der Waals surface area contributed by atoms with E-state index in [9.17, 15) is 14.7 Å². The van der Waals surface area contributed by atoms with Crippen molar-refractivity contribution in [3.8, 4) is 23.0 Å². The summed E-state index contributed by atoms with van der Waals surface area (Å²) < 4.78 is 22.0. The molecule has 1 aliphatic rings. The topological polar surface area (TPSA) is 94.5 Å². The predicted octanol–water partition coefficient (Wildman–Crippen LogP) is 4.73. The molecule has 0 aromatic heterocycles. The molecule has 3 aromatic carbocycles. The molecule has 4 rings (SSSR count). The van der Waals surface area contributed by atoms with Gasteiger partial charge in [0.25, 0.3) is 11.7 Å². The van der Waals surface area contributed by atoms with Crippen LogP contribution in [0.5, 0.6) is 23.0 Å². The molecule has 1 amide bonds. The maximum Gasteiger partial charge on any atom is 0.295 e. The summed E-state index contributed by atoms with van der Waals surface area (Å²) in [6.45, 7) is 2.53. The average molecular weight is 504 g/mol. The van der Waals surface area contributed by atoms with E-state index in [4.69, 9.17) is 18.9 Å². The molecule has 0 aliphatic carbocycles. The Kier molecular flexibility index (Phi) is 7.67. The van der Waals surface area contributed by atoms with Gasteiger partial charge in [-0.2, -0.15) is 0 Å². The van der Waals surface area contributed by atoms with Crippen molar-refractivity contribution in [3.05, 3.63) is 89.0 Å². The number of nitrogens with zero attached hydrogens (tertiary/aromatic N) is 1. The number of ether oxygens (including phenoxy) is 4. The van der Waals surface area contributed by atoms with Gasteiger partial charge in [0.15, 0.2) is 11.5 Å². The summed E-state index contributed by atoms with van der Waals surface area (Å²) in [7, 11) is 4.47. The highest BCUT2D eigenvalue weighted by Crippen LogP contribution is 2.46. The lowest BCUT2D eigenvalue weighted by Gasteiger charge is -2.26. The highest BCUT2D eigenvalue weighted by Gasteiger charge is 2.46. The highest BCUT2D eigenvalue weighted by atomic mass is 16.5. The zero-order valence-corrected chi connectivity index (χ0v) is 21.2. The van der Waals surface area contributed by atoms with Gasteiger partial charge in [-0.25, -0.2) is 0 Å². The van der Waals surface area contributed by atoms with Crippen LogP contribution in [0.15, 0.2) is 72.3 Å². The number of rotatable bonds is 9. The fourth-order valence-corrected chi connectivity index (χ4v) is 4.46. The third-order valence-electron chi connectivity index (χ3n) is 6.18. The first-order chi connectivity index (χ1) is 17.9. The lowest BCUT2D eigenvalue weighted by atomic mass is 9.94. The minimum Gasteiger partial charge on any atom is -0.507 e. The van der Waals surface area contributed by atoms with Gasteiger partial charge < -0.3 is 29.0 Å². The van der Waals surface area contributed by atoms with Crippen LogP contribution in [0.2, 0.25) is 0 Å². The summed E-state index contributed by atoms with van der Waals surface area (Å²) in [5, 5.41) is 11.4. The average Bonchev–Trinajstić information content (AvgIpc) is 3.17. The molecule has 8 heteroatoms. The van der Waals surface area contributed by atoms with Crippen molar-refractivity contribution in [1.29, 1.82) is 0 Å². The number of hydrogen-bond donors (Lipinski definition) is 1. The second-order valence-electron chi connectivity index (χ2n) is 8.33. The lowest BCUT2D eigenvalue weighted by molar-refractivity contribution is -0.140. The van der Waals surface area contributed by atoms with Crippen LogP contribution in [-0.4, -0.2) is 49.6 Å². The van der Waals surface area contributed by atoms with Crippen molar-refractivity contribution in [2.45, 2.75) is 19.5 Å². The monoisotopic (exact) mass is 503 g/mol. The number of carbonyl (C=O) groups is 2. The Balaban J connectivity index is 1.91. The van der Waals surface area contributed by atoms with Crippen molar-refractivity contribution in [2.75, 3.05) is 27.9 Å². The molecule has 1 saturated heterocycles. The number of carbonyl (C=O) groups excluding carboxylic acids is 2. The normalized spacial score (nSPS) is 16.5. The molecule has 1 aliphatic heterocycles. The summed E-state index contributed by atoms with van der Waals surface area (Å²) in [5.74, 6) is -0.0386. The van der Waals surface area contributed by atoms with Gasteiger partial charge in [-0.3, -0.25) is 9.59 Å². The standard InChI is InChI=1S/C29H29NO7/c1-5-37-21-13-11-19(12-14-21)26(31)24-25(20-15-22(34-2)28(36-4)23(16-20)35-3)30(29(33)27(24)32)17-18-9-7-6-8-10-18/h6-16,25,31H,5,17H2,1-4H3/b26-24+. The summed E-state index contributed by atoms with van der Waals surface area (Å²) in [5.41, 5.74) is 1.72. The molecule has 1 atom stereocenters. The summed E-state index contributed by atoms with van der Waals surface area (Å²) in [6, 6.07) is 18.5. The number of amides is 1. The molecule has 37 heavy (non-hydrogen) atoms. The number of benzene rings is 3. The van der Waals surface area contributed by atoms with E-state index in [1.807, 2.05) is 37.3 Å². The molecule has 1 heterocycles. The number of methoxy groups -OCH3 is 3. The van der Waals surface area contributed by atoms with E-state index in [-0.39, 0.29) is 17.9 Å². The van der Waals surface area contributed by atoms with Crippen LogP contribution in [0.3, 0.4) is 0 Å². The van der Waals surface area contributed by atoms with Crippen LogP contribution in [0, 0.1) is 0 Å². The van der Waals surface area contributed by atoms with Crippen LogP contribution < -0.4 is 18.9 Å². The van der Waals surface area contributed by atoms with Gasteiger partial charge in [0, 0.05) is 12.1 Å². The molecule has 1 N–H and O–H groups in total. The number of Topliss-reactive ketones (excluding diaryl/α,β-unsaturated/α-hetero) is 1. The Bertz CT molecular complexity index is 1290. The molecule has 8 nitrogen and oxygen atoms in total. The van der Waals surface area contributed by atoms with E-state index < -0.39 is 17.7 Å². The van der Waals surface area contributed by atoms with Crippen LogP contribution in [0.1, 0.15) is 29.7 Å². The smallest absolute Gasteiger partial charge is 0.295 e. The lowest BCUT2D eigenvalue weighted by Crippen LogP contribution is -2.29. The molecular weight excluding hydrogens is 474 g/mol. The number of aliphatic hydroxyl groups is 1. The molecule has 3 aromatic rings. The van der Waals surface area contributed by atoms with Gasteiger partial charge in [-0.15, -0.1) is 0 Å². The zero-order valence-electron chi connectivity index (χ0n) is 21.2. The summed E-state index contributed by atoms with van der Waals surface area (Å²) in [6.07, 6.45) is 0. The van der Waals surface area contributed by atoms with Crippen LogP contribution in [0.4, 0.5) is 0 Å². The molecule has 0 radical (unpaired) electrons. The zero-order chi connectivity index (χ0) is 26.5. The Labute approximate surface area is 215 Å². The fraction of sp³-hybridized carbons (Fsp3) is 0.241. The molecule has 1 unspecified atom stereocenters. The van der Waals surface area contributed by atoms with Crippen molar-refractivity contribution in [1.82, 2.24) is 4.90 Å². The first-order valence-corrected chi connectivity index (χ1v) is 11.8. The Morgan fingerprint density at radius 3 is 2.05 bits per heavy atom. The predicted molar refractivity (Wildman–Crippen MR) is 138 cm³/mol. The second kappa shape index (κ2) is 11.1. The van der Waals surface area contributed by atoms with Gasteiger partial charge in [0.2, 0.25) is 5.75 Å². The van der Waals surface area contributed by atoms with Crippen molar-refractivity contribution in [3.63, 3.8) is 0 Å². The van der Waals surface area contributed by atoms with Crippen molar-refractivity contribution in [2.24, 2.45) is 0 Å². The van der Waals surface area contributed by atoms with E-state index in [0.29, 0.717) is 40.7 Å². The van der Waals surface area contributed by atoms with Crippen LogP contribution in [0.25, 0.3) is 5.76 Å². The van der Waals surface area contributed by atoms with Crippen molar-refractivity contribution >= 4 is 17.4 Å². The molecule has 0 spiro atoms. The SMILES string of the molecule is CCOc1ccc(/C(O)=C2\C(=O)C(=O)N(Cc3ccccc3)C2c2cc(OC)c(OC)c(OC)c2)cc1. The first kappa shape index (κ1) is 25.6. The van der Waals surface area contributed by atoms with E-state index >= 15 is 0 Å². The minimum absolute atomic E-state index is 0.0284. The Morgan fingerprint density at radius 1 is 0.892 bits per heavy atom. The molecular formula is C29H29NO7. The highest BCUT2D eigenvalue weighted by molar-refractivity contribution is 6.46. The number of hydrogen-bond acceptors (Lipinski definition) is 7. The van der Waals surface area contributed by atoms with E-state index in [0.717, 1.165) is 5.56 Å². The minimum atomic E-state index is -0.902. The summed E-state index contributed by atoms with van der Waals surface area (Å²) in [4.78, 5) is 28.2. The Hall–Kier alpha value is -4.46. The number of likely N-dealkylation sites (tertiary alicyclic amines) is 1. The van der Waals surface area contributed by atoms with Gasteiger partial charge in [-0.1, -0.05) is 30.3 Å². The van der Waals surface area contributed by atoms with Gasteiger partial charge in [-0.05, 0) is 54.4 Å². The van der Waals surface area contributed by atoms with Gasteiger partial charge >= 0.3 is 0 Å². The quantitative estimate of drug-likeness (QED) is 0.256. The van der Waals surface area contributed by atoms with E-state index in [1.54, 1.807) is 36.4 Å². The number of aliphatic hydroxyl groups excluding tert-OH is 1. The molecule has 0 saturated carbocycles. The maximum atomic E-state index is 13.4. The molecule has 1 fully saturated rings. The van der Waals surface area contributed by atoms with Crippen molar-refractivity contribution < 1.29 is 33.6 Å². The molecule has 0 bridgehead atoms. The molecule has 192 valence electrons. The third-order valence-corrected chi connectivity index (χ3v) is 6.18. The largest absolute Gasteiger partial charge is 0.507 e. The maximum absolute atomic E-state index is 13.4. The summed E-state index contributed by atoms with van der Waals surface area (Å²) >= 11 is 0. The van der Waals surface area contributed by atoms with Crippen LogP contribution in [-0.2, 0) is 16.1 Å². The van der Waals surface area contributed by atoms with E-state index in [2.05, 4.69) is 0 Å². The van der Waals surface area contributed by atoms with Crippen LogP contribution >= 0.6 is 0 Å². The second-order valence-corrected chi connectivity index (χ2v) is 8.33. The van der Waals surface area contributed by atoms with Gasteiger partial charge in [0.1, 0.15) is 11.5 Å². The number of ketones is 1. The van der Waals surface area contributed by atoms with E-state index in [1.165, 1.54) is 26.2 Å². The van der Waals surface area contributed by atoms with Gasteiger partial charge in [0.05, 0.1) is 39.6 Å². The third kappa shape index (κ3) is 4.95.